The number of aryl methyl sites for hydroxylation is 2. The molecule has 0 bridgehead atoms. The third kappa shape index (κ3) is 2.91. The molecule has 1 aliphatic rings. The number of likely N-dealkylation sites (N-methyl/N-ethyl adjacent to an activating group) is 1. The van der Waals surface area contributed by atoms with Crippen molar-refractivity contribution >= 4 is 0 Å². The van der Waals surface area contributed by atoms with Crippen molar-refractivity contribution in [1.29, 1.82) is 0 Å². The molecule has 2 rings (SSSR count). The zero-order valence-corrected chi connectivity index (χ0v) is 11.5. The molecule has 0 aliphatic carbocycles. The average Bonchev–Trinajstić information content (AvgIpc) is 2.38. The second-order valence-corrected chi connectivity index (χ2v) is 4.79. The van der Waals surface area contributed by atoms with Crippen molar-refractivity contribution in [2.75, 3.05) is 13.2 Å². The van der Waals surface area contributed by atoms with E-state index in [1.54, 1.807) is 0 Å². The van der Waals surface area contributed by atoms with Crippen LogP contribution in [0.25, 0.3) is 0 Å². The minimum Gasteiger partial charge on any atom is -0.501 e. The highest BCUT2D eigenvalue weighted by molar-refractivity contribution is 5.32. The monoisotopic (exact) mass is 246 g/mol. The van der Waals surface area contributed by atoms with Gasteiger partial charge in [0.05, 0.1) is 18.9 Å². The zero-order chi connectivity index (χ0) is 13.0. The van der Waals surface area contributed by atoms with Crippen LogP contribution in [0.15, 0.2) is 24.0 Å². The van der Waals surface area contributed by atoms with Crippen LogP contribution in [0.5, 0.6) is 0 Å². The fourth-order valence-corrected chi connectivity index (χ4v) is 2.44. The van der Waals surface area contributed by atoms with E-state index in [9.17, 15) is 0 Å². The van der Waals surface area contributed by atoms with Crippen molar-refractivity contribution in [3.63, 3.8) is 0 Å². The number of hydrogen-bond donors (Lipinski definition) is 1. The first kappa shape index (κ1) is 13.1. The summed E-state index contributed by atoms with van der Waals surface area (Å²) in [6.07, 6.45) is 4.13. The number of rotatable bonds is 4. The third-order valence-electron chi connectivity index (χ3n) is 3.32. The van der Waals surface area contributed by atoms with E-state index in [0.29, 0.717) is 0 Å². The molecular weight excluding hydrogens is 224 g/mol. The van der Waals surface area contributed by atoms with Crippen LogP contribution in [0.3, 0.4) is 0 Å². The first-order valence-corrected chi connectivity index (χ1v) is 6.70. The van der Waals surface area contributed by atoms with Gasteiger partial charge in [0.25, 0.3) is 0 Å². The Morgan fingerprint density at radius 1 is 1.39 bits per heavy atom. The topological polar surface area (TPSA) is 34.1 Å². The number of pyridine rings is 1. The fraction of sp³-hybridized carbons (Fsp3) is 0.533. The Kier molecular flexibility index (Phi) is 4.37. The van der Waals surface area contributed by atoms with Crippen molar-refractivity contribution in [3.05, 3.63) is 40.9 Å². The smallest absolute Gasteiger partial charge is 0.0876 e. The molecule has 0 aromatic carbocycles. The standard InChI is InChI=1S/C15H22N2O/c1-4-16-15(13-6-5-9-18-10-13)14-8-7-11(2)17-12(14)3/h7-8,10,15-16H,4-6,9H2,1-3H3. The SMILES string of the molecule is CCNC(C1=COCCC1)c1ccc(C)nc1C. The van der Waals surface area contributed by atoms with Crippen LogP contribution in [-0.2, 0) is 4.74 Å². The molecule has 98 valence electrons. The number of ether oxygens (including phenoxy) is 1. The lowest BCUT2D eigenvalue weighted by Crippen LogP contribution is -2.25. The third-order valence-corrected chi connectivity index (χ3v) is 3.32. The Morgan fingerprint density at radius 3 is 2.83 bits per heavy atom. The summed E-state index contributed by atoms with van der Waals surface area (Å²) in [5, 5.41) is 3.54. The maximum absolute atomic E-state index is 5.47. The minimum absolute atomic E-state index is 0.239. The van der Waals surface area contributed by atoms with Crippen molar-refractivity contribution in [3.8, 4) is 0 Å². The second-order valence-electron chi connectivity index (χ2n) is 4.79. The van der Waals surface area contributed by atoms with Gasteiger partial charge in [0.1, 0.15) is 0 Å². The molecule has 0 radical (unpaired) electrons. The molecule has 0 spiro atoms. The molecular formula is C15H22N2O. The van der Waals surface area contributed by atoms with E-state index < -0.39 is 0 Å². The second kappa shape index (κ2) is 6.01. The minimum atomic E-state index is 0.239. The summed E-state index contributed by atoms with van der Waals surface area (Å²) in [5.41, 5.74) is 4.77. The molecule has 1 unspecified atom stereocenters. The lowest BCUT2D eigenvalue weighted by molar-refractivity contribution is 0.219. The summed E-state index contributed by atoms with van der Waals surface area (Å²) in [6, 6.07) is 4.50. The fourth-order valence-electron chi connectivity index (χ4n) is 2.44. The van der Waals surface area contributed by atoms with Gasteiger partial charge in [0.15, 0.2) is 0 Å². The van der Waals surface area contributed by atoms with Gasteiger partial charge in [-0.25, -0.2) is 0 Å². The number of nitrogens with one attached hydrogen (secondary N) is 1. The molecule has 0 saturated carbocycles. The van der Waals surface area contributed by atoms with Crippen LogP contribution in [0.1, 0.15) is 42.8 Å². The van der Waals surface area contributed by atoms with Crippen LogP contribution in [0.2, 0.25) is 0 Å². The molecule has 0 fully saturated rings. The normalized spacial score (nSPS) is 16.9. The molecule has 1 aromatic heterocycles. The summed E-state index contributed by atoms with van der Waals surface area (Å²) in [4.78, 5) is 4.56. The van der Waals surface area contributed by atoms with Gasteiger partial charge >= 0.3 is 0 Å². The van der Waals surface area contributed by atoms with Crippen molar-refractivity contribution in [2.24, 2.45) is 0 Å². The molecule has 1 aromatic rings. The predicted octanol–water partition coefficient (Wildman–Crippen LogP) is 3.04. The maximum atomic E-state index is 5.47. The van der Waals surface area contributed by atoms with Crippen molar-refractivity contribution < 1.29 is 4.74 Å². The average molecular weight is 246 g/mol. The predicted molar refractivity (Wildman–Crippen MR) is 73.4 cm³/mol. The first-order valence-electron chi connectivity index (χ1n) is 6.70. The first-order chi connectivity index (χ1) is 8.72. The molecule has 1 atom stereocenters. The number of hydrogen-bond acceptors (Lipinski definition) is 3. The summed E-state index contributed by atoms with van der Waals surface area (Å²) in [6.45, 7) is 8.02. The summed E-state index contributed by atoms with van der Waals surface area (Å²) < 4.78 is 5.47. The molecule has 1 aliphatic heterocycles. The van der Waals surface area contributed by atoms with Gasteiger partial charge in [-0.05, 0) is 50.4 Å². The van der Waals surface area contributed by atoms with Gasteiger partial charge in [-0.2, -0.15) is 0 Å². The Labute approximate surface area is 109 Å². The molecule has 1 N–H and O–H groups in total. The molecule has 2 heterocycles. The largest absolute Gasteiger partial charge is 0.501 e. The zero-order valence-electron chi connectivity index (χ0n) is 11.5. The Morgan fingerprint density at radius 2 is 2.22 bits per heavy atom. The quantitative estimate of drug-likeness (QED) is 0.886. The van der Waals surface area contributed by atoms with Crippen molar-refractivity contribution in [1.82, 2.24) is 10.3 Å². The van der Waals surface area contributed by atoms with Gasteiger partial charge in [-0.15, -0.1) is 0 Å². The van der Waals surface area contributed by atoms with Crippen molar-refractivity contribution in [2.45, 2.75) is 39.7 Å². The lowest BCUT2D eigenvalue weighted by Gasteiger charge is -2.25. The number of aromatic nitrogens is 1. The van der Waals surface area contributed by atoms with E-state index in [2.05, 4.69) is 36.3 Å². The van der Waals surface area contributed by atoms with Gasteiger partial charge in [-0.1, -0.05) is 13.0 Å². The van der Waals surface area contributed by atoms with Crippen LogP contribution < -0.4 is 5.32 Å². The summed E-state index contributed by atoms with van der Waals surface area (Å²) in [5.74, 6) is 0. The highest BCUT2D eigenvalue weighted by Crippen LogP contribution is 2.29. The lowest BCUT2D eigenvalue weighted by atomic mass is 9.94. The molecule has 0 saturated heterocycles. The van der Waals surface area contributed by atoms with E-state index in [4.69, 9.17) is 4.74 Å². The van der Waals surface area contributed by atoms with Crippen LogP contribution in [-0.4, -0.2) is 18.1 Å². The van der Waals surface area contributed by atoms with E-state index in [1.165, 1.54) is 11.1 Å². The van der Waals surface area contributed by atoms with Crippen LogP contribution >= 0.6 is 0 Å². The van der Waals surface area contributed by atoms with Crippen LogP contribution in [0.4, 0.5) is 0 Å². The Hall–Kier alpha value is -1.35. The van der Waals surface area contributed by atoms with E-state index in [-0.39, 0.29) is 6.04 Å². The Bertz CT molecular complexity index is 440. The highest BCUT2D eigenvalue weighted by Gasteiger charge is 2.20. The van der Waals surface area contributed by atoms with E-state index >= 15 is 0 Å². The van der Waals surface area contributed by atoms with Gasteiger partial charge in [0.2, 0.25) is 0 Å². The summed E-state index contributed by atoms with van der Waals surface area (Å²) >= 11 is 0. The maximum Gasteiger partial charge on any atom is 0.0876 e. The summed E-state index contributed by atoms with van der Waals surface area (Å²) in [7, 11) is 0. The van der Waals surface area contributed by atoms with E-state index in [1.807, 2.05) is 13.2 Å². The molecule has 18 heavy (non-hydrogen) atoms. The molecule has 3 heteroatoms. The van der Waals surface area contributed by atoms with Crippen LogP contribution in [0, 0.1) is 13.8 Å². The molecule has 3 nitrogen and oxygen atoms in total. The highest BCUT2D eigenvalue weighted by atomic mass is 16.5. The van der Waals surface area contributed by atoms with Gasteiger partial charge < -0.3 is 10.1 Å². The Balaban J connectivity index is 2.31. The van der Waals surface area contributed by atoms with E-state index in [0.717, 1.165) is 37.4 Å². The van der Waals surface area contributed by atoms with Gasteiger partial charge in [0, 0.05) is 11.4 Å². The molecule has 0 amide bonds. The number of nitrogens with zero attached hydrogens (tertiary/aromatic N) is 1. The van der Waals surface area contributed by atoms with Gasteiger partial charge in [-0.3, -0.25) is 4.98 Å².